The van der Waals surface area contributed by atoms with E-state index in [9.17, 15) is 4.79 Å². The molecule has 3 N–H and O–H groups in total. The first-order valence-electron chi connectivity index (χ1n) is 6.65. The van der Waals surface area contributed by atoms with Crippen molar-refractivity contribution >= 4 is 5.91 Å². The third-order valence-electron chi connectivity index (χ3n) is 3.16. The highest BCUT2D eigenvalue weighted by Crippen LogP contribution is 2.34. The van der Waals surface area contributed by atoms with Crippen molar-refractivity contribution in [1.29, 1.82) is 0 Å². The normalized spacial score (nSPS) is 11.1. The number of nitrogens with one attached hydrogen (secondary N) is 1. The molecule has 1 rings (SSSR count). The monoisotopic (exact) mass is 296 g/mol. The quantitative estimate of drug-likeness (QED) is 0.759. The molecule has 0 bridgehead atoms. The Morgan fingerprint density at radius 1 is 1.10 bits per heavy atom. The molecule has 0 saturated carbocycles. The molecule has 118 valence electrons. The Kier molecular flexibility index (Phi) is 5.84. The first-order chi connectivity index (χ1) is 9.82. The van der Waals surface area contributed by atoms with Crippen LogP contribution in [0.5, 0.6) is 17.2 Å². The molecule has 0 radical (unpaired) electrons. The molecule has 6 nitrogen and oxygen atoms in total. The van der Waals surface area contributed by atoms with Crippen LogP contribution in [0.15, 0.2) is 12.1 Å². The summed E-state index contributed by atoms with van der Waals surface area (Å²) in [6, 6.07) is 3.63. The van der Waals surface area contributed by atoms with Crippen molar-refractivity contribution in [3.8, 4) is 17.2 Å². The maximum absolute atomic E-state index is 11.1. The summed E-state index contributed by atoms with van der Waals surface area (Å²) >= 11 is 0. The molecule has 21 heavy (non-hydrogen) atoms. The summed E-state index contributed by atoms with van der Waals surface area (Å²) in [6.07, 6.45) is 0.253. The minimum atomic E-state index is -0.399. The van der Waals surface area contributed by atoms with Gasteiger partial charge >= 0.3 is 0 Å². The van der Waals surface area contributed by atoms with Crippen molar-refractivity contribution < 1.29 is 19.0 Å². The highest BCUT2D eigenvalue weighted by molar-refractivity contribution is 5.75. The van der Waals surface area contributed by atoms with Crippen LogP contribution in [0.3, 0.4) is 0 Å². The summed E-state index contributed by atoms with van der Waals surface area (Å²) < 4.78 is 15.9. The van der Waals surface area contributed by atoms with Gasteiger partial charge in [0.15, 0.2) is 11.5 Å². The molecule has 0 atom stereocenters. The van der Waals surface area contributed by atoms with Crippen LogP contribution in [0.2, 0.25) is 0 Å². The van der Waals surface area contributed by atoms with E-state index >= 15 is 0 Å². The lowest BCUT2D eigenvalue weighted by molar-refractivity contribution is -0.119. The third-order valence-corrected chi connectivity index (χ3v) is 3.16. The van der Waals surface area contributed by atoms with E-state index in [-0.39, 0.29) is 12.3 Å². The molecule has 0 unspecified atom stereocenters. The van der Waals surface area contributed by atoms with Crippen LogP contribution in [0.25, 0.3) is 0 Å². The van der Waals surface area contributed by atoms with Crippen molar-refractivity contribution in [2.24, 2.45) is 5.73 Å². The van der Waals surface area contributed by atoms with Crippen LogP contribution in [0.1, 0.15) is 25.8 Å². The van der Waals surface area contributed by atoms with Gasteiger partial charge in [0.2, 0.25) is 5.91 Å². The number of hydrogen-bond donors (Lipinski definition) is 2. The smallest absolute Gasteiger partial charge is 0.219 e. The number of primary amides is 1. The summed E-state index contributed by atoms with van der Waals surface area (Å²) in [7, 11) is 4.75. The highest BCUT2D eigenvalue weighted by atomic mass is 16.5. The van der Waals surface area contributed by atoms with E-state index in [1.165, 1.54) is 0 Å². The lowest BCUT2D eigenvalue weighted by Gasteiger charge is -2.25. The van der Waals surface area contributed by atoms with Gasteiger partial charge in [-0.1, -0.05) is 0 Å². The molecule has 0 aliphatic heterocycles. The average molecular weight is 296 g/mol. The molecule has 0 aromatic heterocycles. The van der Waals surface area contributed by atoms with Gasteiger partial charge in [-0.05, 0) is 19.9 Å². The molecular weight excluding hydrogens is 272 g/mol. The van der Waals surface area contributed by atoms with Crippen molar-refractivity contribution in [3.05, 3.63) is 17.7 Å². The molecule has 0 aliphatic carbocycles. The number of ether oxygens (including phenoxy) is 3. The molecule has 0 heterocycles. The molecule has 1 aromatic rings. The molecule has 0 aliphatic rings. The number of methoxy groups -OCH3 is 3. The predicted octanol–water partition coefficient (Wildman–Crippen LogP) is 1.46. The maximum Gasteiger partial charge on any atom is 0.219 e. The minimum absolute atomic E-state index is 0.253. The van der Waals surface area contributed by atoms with Crippen LogP contribution in [-0.2, 0) is 11.3 Å². The first kappa shape index (κ1) is 17.1. The van der Waals surface area contributed by atoms with E-state index in [1.54, 1.807) is 27.4 Å². The van der Waals surface area contributed by atoms with Gasteiger partial charge in [-0.3, -0.25) is 4.79 Å². The van der Waals surface area contributed by atoms with Gasteiger partial charge in [-0.2, -0.15) is 0 Å². The second kappa shape index (κ2) is 7.17. The number of carbonyl (C=O) groups is 1. The van der Waals surface area contributed by atoms with Crippen molar-refractivity contribution in [1.82, 2.24) is 5.32 Å². The molecule has 6 heteroatoms. The number of amides is 1. The van der Waals surface area contributed by atoms with Gasteiger partial charge in [-0.15, -0.1) is 0 Å². The molecular formula is C15H24N2O4. The zero-order chi connectivity index (χ0) is 16.0. The zero-order valence-corrected chi connectivity index (χ0v) is 13.3. The second-order valence-electron chi connectivity index (χ2n) is 5.40. The largest absolute Gasteiger partial charge is 0.496 e. The van der Waals surface area contributed by atoms with E-state index in [0.29, 0.717) is 23.8 Å². The Morgan fingerprint density at radius 3 is 2.10 bits per heavy atom. The fourth-order valence-electron chi connectivity index (χ4n) is 2.06. The molecule has 0 spiro atoms. The van der Waals surface area contributed by atoms with Crippen molar-refractivity contribution in [2.75, 3.05) is 21.3 Å². The van der Waals surface area contributed by atoms with E-state index in [2.05, 4.69) is 5.32 Å². The number of carbonyl (C=O) groups excluding carboxylic acids is 1. The Bertz CT molecular complexity index is 501. The van der Waals surface area contributed by atoms with Crippen LogP contribution in [0.4, 0.5) is 0 Å². The summed E-state index contributed by atoms with van der Waals surface area (Å²) in [4.78, 5) is 11.1. The lowest BCUT2D eigenvalue weighted by Crippen LogP contribution is -2.42. The molecule has 1 aromatic carbocycles. The fraction of sp³-hybridized carbons (Fsp3) is 0.533. The highest BCUT2D eigenvalue weighted by Gasteiger charge is 2.21. The lowest BCUT2D eigenvalue weighted by atomic mass is 9.99. The van der Waals surface area contributed by atoms with E-state index in [4.69, 9.17) is 19.9 Å². The van der Waals surface area contributed by atoms with Crippen LogP contribution < -0.4 is 25.3 Å². The van der Waals surface area contributed by atoms with Gasteiger partial charge in [0, 0.05) is 30.1 Å². The summed E-state index contributed by atoms with van der Waals surface area (Å²) in [5, 5.41) is 3.29. The number of rotatable bonds is 8. The standard InChI is InChI=1S/C15H24N2O4/c1-15(2,8-14(16)18)17-9-10-6-12(20-4)13(21-5)7-11(10)19-3/h6-7,17H,8-9H2,1-5H3,(H2,16,18). The van der Waals surface area contributed by atoms with Crippen LogP contribution >= 0.6 is 0 Å². The zero-order valence-electron chi connectivity index (χ0n) is 13.3. The predicted molar refractivity (Wildman–Crippen MR) is 80.8 cm³/mol. The second-order valence-corrected chi connectivity index (χ2v) is 5.40. The Labute approximate surface area is 125 Å². The Hall–Kier alpha value is -1.95. The minimum Gasteiger partial charge on any atom is -0.496 e. The van der Waals surface area contributed by atoms with Crippen molar-refractivity contribution in [3.63, 3.8) is 0 Å². The van der Waals surface area contributed by atoms with Gasteiger partial charge < -0.3 is 25.3 Å². The third kappa shape index (κ3) is 4.82. The molecule has 0 saturated heterocycles. The first-order valence-corrected chi connectivity index (χ1v) is 6.65. The fourth-order valence-corrected chi connectivity index (χ4v) is 2.06. The van der Waals surface area contributed by atoms with Crippen LogP contribution in [0, 0.1) is 0 Å². The topological polar surface area (TPSA) is 82.8 Å². The number of hydrogen-bond acceptors (Lipinski definition) is 5. The maximum atomic E-state index is 11.1. The Balaban J connectivity index is 2.94. The van der Waals surface area contributed by atoms with E-state index < -0.39 is 5.54 Å². The van der Waals surface area contributed by atoms with E-state index in [0.717, 1.165) is 5.56 Å². The average Bonchev–Trinajstić information content (AvgIpc) is 2.42. The number of benzene rings is 1. The SMILES string of the molecule is COc1cc(OC)c(OC)cc1CNC(C)(C)CC(N)=O. The van der Waals surface area contributed by atoms with Gasteiger partial charge in [0.05, 0.1) is 21.3 Å². The van der Waals surface area contributed by atoms with Crippen LogP contribution in [-0.4, -0.2) is 32.8 Å². The van der Waals surface area contributed by atoms with Gasteiger partial charge in [0.1, 0.15) is 5.75 Å². The molecule has 1 amide bonds. The number of nitrogens with two attached hydrogens (primary N) is 1. The summed E-state index contributed by atoms with van der Waals surface area (Å²) in [5.74, 6) is 1.58. The van der Waals surface area contributed by atoms with Crippen molar-refractivity contribution in [2.45, 2.75) is 32.4 Å². The summed E-state index contributed by atoms with van der Waals surface area (Å²) in [5.41, 5.74) is 5.76. The Morgan fingerprint density at radius 2 is 1.62 bits per heavy atom. The van der Waals surface area contributed by atoms with Gasteiger partial charge in [-0.25, -0.2) is 0 Å². The van der Waals surface area contributed by atoms with E-state index in [1.807, 2.05) is 19.9 Å². The van der Waals surface area contributed by atoms with Gasteiger partial charge in [0.25, 0.3) is 0 Å². The summed E-state index contributed by atoms with van der Waals surface area (Å²) in [6.45, 7) is 4.36. The molecule has 0 fully saturated rings.